The molecular weight excluding hydrogens is 429 g/mol. The zero-order valence-electron chi connectivity index (χ0n) is 15.0. The van der Waals surface area contributed by atoms with Gasteiger partial charge in [-0.2, -0.15) is 0 Å². The van der Waals surface area contributed by atoms with Gasteiger partial charge in [0.15, 0.2) is 5.13 Å². The monoisotopic (exact) mass is 451 g/mol. The Kier molecular flexibility index (Phi) is 8.86. The van der Waals surface area contributed by atoms with Crippen LogP contribution in [0, 0.1) is 5.82 Å². The highest BCUT2D eigenvalue weighted by molar-refractivity contribution is 7.93. The van der Waals surface area contributed by atoms with E-state index in [-0.39, 0.29) is 16.7 Å². The van der Waals surface area contributed by atoms with E-state index in [4.69, 9.17) is 17.3 Å². The summed E-state index contributed by atoms with van der Waals surface area (Å²) in [6.45, 7) is 1.89. The lowest BCUT2D eigenvalue weighted by Gasteiger charge is -2.12. The molecule has 0 aliphatic heterocycles. The fraction of sp³-hybridized carbons (Fsp3) is 0.438. The van der Waals surface area contributed by atoms with Gasteiger partial charge in [0.25, 0.3) is 10.0 Å². The van der Waals surface area contributed by atoms with Crippen LogP contribution in [0.3, 0.4) is 0 Å². The number of aliphatic hydroxyl groups excluding tert-OH is 1. The predicted octanol–water partition coefficient (Wildman–Crippen LogP) is 1.84. The molecule has 28 heavy (non-hydrogen) atoms. The van der Waals surface area contributed by atoms with E-state index in [0.29, 0.717) is 25.3 Å². The number of hydrogen-bond acceptors (Lipinski definition) is 8. The molecule has 0 bridgehead atoms. The van der Waals surface area contributed by atoms with Crippen molar-refractivity contribution < 1.29 is 17.9 Å². The van der Waals surface area contributed by atoms with Gasteiger partial charge < -0.3 is 21.5 Å². The average molecular weight is 452 g/mol. The molecule has 0 amide bonds. The number of sulfonamides is 1. The first-order chi connectivity index (χ1) is 13.3. The number of thiazole rings is 1. The zero-order chi connectivity index (χ0) is 20.6. The minimum Gasteiger partial charge on any atom is -0.390 e. The van der Waals surface area contributed by atoms with Crippen molar-refractivity contribution in [2.45, 2.75) is 23.8 Å². The summed E-state index contributed by atoms with van der Waals surface area (Å²) < 4.78 is 41.2. The molecule has 1 unspecified atom stereocenters. The molecule has 8 nitrogen and oxygen atoms in total. The van der Waals surface area contributed by atoms with E-state index in [0.717, 1.165) is 36.3 Å². The van der Waals surface area contributed by atoms with Crippen LogP contribution in [0.1, 0.15) is 12.8 Å². The minimum absolute atomic E-state index is 0.102. The Hall–Kier alpha value is -1.50. The molecule has 0 saturated heterocycles. The number of halogens is 2. The van der Waals surface area contributed by atoms with Crippen LogP contribution in [0.5, 0.6) is 0 Å². The Labute approximate surface area is 172 Å². The van der Waals surface area contributed by atoms with Crippen molar-refractivity contribution >= 4 is 43.8 Å². The molecule has 0 saturated carbocycles. The number of unbranched alkanes of at least 4 members (excludes halogenated alkanes) is 1. The summed E-state index contributed by atoms with van der Waals surface area (Å²) in [4.78, 5) is 3.28. The quantitative estimate of drug-likeness (QED) is 0.311. The third kappa shape index (κ3) is 6.83. The molecule has 6 N–H and O–H groups in total. The van der Waals surface area contributed by atoms with E-state index in [1.807, 2.05) is 0 Å². The average Bonchev–Trinajstić information content (AvgIpc) is 3.15. The molecule has 12 heteroatoms. The summed E-state index contributed by atoms with van der Waals surface area (Å²) in [6.07, 6.45) is 2.48. The van der Waals surface area contributed by atoms with E-state index in [1.54, 1.807) is 5.38 Å². The number of aliphatic hydroxyl groups is 1. The lowest BCUT2D eigenvalue weighted by Crippen LogP contribution is -2.33. The van der Waals surface area contributed by atoms with E-state index < -0.39 is 26.8 Å². The maximum atomic E-state index is 14.4. The van der Waals surface area contributed by atoms with E-state index >= 15 is 0 Å². The molecule has 0 aliphatic rings. The molecule has 1 aromatic carbocycles. The summed E-state index contributed by atoms with van der Waals surface area (Å²) in [6, 6.07) is 2.14. The first kappa shape index (κ1) is 22.8. The van der Waals surface area contributed by atoms with Crippen molar-refractivity contribution in [1.29, 1.82) is 0 Å². The minimum atomic E-state index is -4.12. The van der Waals surface area contributed by atoms with Gasteiger partial charge in [0.05, 0.1) is 16.8 Å². The van der Waals surface area contributed by atoms with Crippen molar-refractivity contribution in [3.05, 3.63) is 34.5 Å². The first-order valence-corrected chi connectivity index (χ1v) is 11.3. The fourth-order valence-corrected chi connectivity index (χ4v) is 4.43. The summed E-state index contributed by atoms with van der Waals surface area (Å²) >= 11 is 7.20. The van der Waals surface area contributed by atoms with Gasteiger partial charge in [-0.15, -0.1) is 11.3 Å². The highest BCUT2D eigenvalue weighted by atomic mass is 35.5. The number of nitrogens with one attached hydrogen (secondary N) is 3. The molecule has 1 atom stereocenters. The number of nitrogens with two attached hydrogens (primary N) is 1. The summed E-state index contributed by atoms with van der Waals surface area (Å²) in [5.74, 6) is -0.909. The molecule has 2 aromatic rings. The van der Waals surface area contributed by atoms with E-state index in [9.17, 15) is 17.9 Å². The van der Waals surface area contributed by atoms with Crippen LogP contribution in [0.15, 0.2) is 28.6 Å². The van der Waals surface area contributed by atoms with Gasteiger partial charge in [-0.1, -0.05) is 11.6 Å². The van der Waals surface area contributed by atoms with Crippen LogP contribution in [0.25, 0.3) is 0 Å². The van der Waals surface area contributed by atoms with Crippen LogP contribution in [0.2, 0.25) is 5.02 Å². The van der Waals surface area contributed by atoms with Gasteiger partial charge in [-0.25, -0.2) is 17.8 Å². The van der Waals surface area contributed by atoms with Gasteiger partial charge in [-0.05, 0) is 31.5 Å². The maximum Gasteiger partial charge on any atom is 0.266 e. The van der Waals surface area contributed by atoms with Crippen LogP contribution in [0.4, 0.5) is 15.2 Å². The van der Waals surface area contributed by atoms with E-state index in [2.05, 4.69) is 20.3 Å². The lowest BCUT2D eigenvalue weighted by atomic mass is 10.2. The van der Waals surface area contributed by atoms with Crippen molar-refractivity contribution in [1.82, 2.24) is 10.3 Å². The standard InChI is InChI=1S/C16H23ClFN5O3S2/c17-12-7-15(28(25,26)23-16-22-5-6-27-16)13(18)8-14(12)21-4-2-1-3-20-10-11(24)9-19/h5-8,11,20-21,24H,1-4,9-10,19H2,(H,22,23). The number of benzene rings is 1. The Bertz CT molecular complexity index is 852. The highest BCUT2D eigenvalue weighted by Crippen LogP contribution is 2.29. The molecular formula is C16H23ClFN5O3S2. The van der Waals surface area contributed by atoms with Crippen LogP contribution >= 0.6 is 22.9 Å². The highest BCUT2D eigenvalue weighted by Gasteiger charge is 2.22. The molecule has 0 radical (unpaired) electrons. The van der Waals surface area contributed by atoms with Gasteiger partial charge in [-0.3, -0.25) is 4.72 Å². The van der Waals surface area contributed by atoms with Crippen LogP contribution in [-0.4, -0.2) is 50.8 Å². The summed E-state index contributed by atoms with van der Waals surface area (Å²) in [5.41, 5.74) is 5.63. The van der Waals surface area contributed by atoms with Crippen molar-refractivity contribution in [3.63, 3.8) is 0 Å². The van der Waals surface area contributed by atoms with Gasteiger partial charge in [0.1, 0.15) is 10.7 Å². The lowest BCUT2D eigenvalue weighted by molar-refractivity contribution is 0.179. The Balaban J connectivity index is 1.87. The van der Waals surface area contributed by atoms with Crippen LogP contribution < -0.4 is 21.1 Å². The largest absolute Gasteiger partial charge is 0.390 e. The van der Waals surface area contributed by atoms with Gasteiger partial charge in [0.2, 0.25) is 0 Å². The molecule has 1 aromatic heterocycles. The summed E-state index contributed by atoms with van der Waals surface area (Å²) in [7, 11) is -4.12. The molecule has 0 fully saturated rings. The van der Waals surface area contributed by atoms with E-state index in [1.165, 1.54) is 6.20 Å². The smallest absolute Gasteiger partial charge is 0.266 e. The number of anilines is 2. The predicted molar refractivity (Wildman–Crippen MR) is 110 cm³/mol. The molecule has 0 aliphatic carbocycles. The fourth-order valence-electron chi connectivity index (χ4n) is 2.26. The zero-order valence-corrected chi connectivity index (χ0v) is 17.4. The van der Waals surface area contributed by atoms with Crippen LogP contribution in [-0.2, 0) is 10.0 Å². The van der Waals surface area contributed by atoms with Crippen molar-refractivity contribution in [2.24, 2.45) is 5.73 Å². The molecule has 2 rings (SSSR count). The second-order valence-electron chi connectivity index (χ2n) is 5.93. The second kappa shape index (κ2) is 10.9. The number of aromatic nitrogens is 1. The van der Waals surface area contributed by atoms with Gasteiger partial charge >= 0.3 is 0 Å². The topological polar surface area (TPSA) is 129 Å². The number of nitrogens with zero attached hydrogens (tertiary/aromatic N) is 1. The Morgan fingerprint density at radius 1 is 1.32 bits per heavy atom. The number of rotatable bonds is 12. The third-order valence-corrected chi connectivity index (χ3v) is 6.20. The maximum absolute atomic E-state index is 14.4. The van der Waals surface area contributed by atoms with Crippen molar-refractivity contribution in [3.8, 4) is 0 Å². The molecule has 156 valence electrons. The van der Waals surface area contributed by atoms with Crippen molar-refractivity contribution in [2.75, 3.05) is 36.2 Å². The molecule has 1 heterocycles. The second-order valence-corrected chi connectivity index (χ2v) is 8.89. The van der Waals surface area contributed by atoms with Gasteiger partial charge in [0, 0.05) is 31.2 Å². The Morgan fingerprint density at radius 3 is 2.75 bits per heavy atom. The summed E-state index contributed by atoms with van der Waals surface area (Å²) in [5, 5.41) is 17.2. The SMILES string of the molecule is NCC(O)CNCCCCNc1cc(F)c(S(=O)(=O)Nc2nccs2)cc1Cl. The normalized spacial score (nSPS) is 12.7. The molecule has 0 spiro atoms. The Morgan fingerprint density at radius 2 is 2.07 bits per heavy atom. The first-order valence-electron chi connectivity index (χ1n) is 8.57. The third-order valence-electron chi connectivity index (χ3n) is 3.71. The number of hydrogen-bond donors (Lipinski definition) is 5.